The zero-order chi connectivity index (χ0) is 24.1. The van der Waals surface area contributed by atoms with Crippen molar-refractivity contribution in [1.29, 1.82) is 0 Å². The SMILES string of the molecule is Nc1nc(OCCO)cc(Oc2ccc(-c3nc(Nc4cccc(C(F)(F)F)c4)n[nH]3)cc2)n1. The van der Waals surface area contributed by atoms with E-state index in [1.54, 1.807) is 24.3 Å². The van der Waals surface area contributed by atoms with Gasteiger partial charge in [-0.2, -0.15) is 28.1 Å². The molecule has 0 aliphatic carbocycles. The number of halogens is 3. The highest BCUT2D eigenvalue weighted by molar-refractivity contribution is 5.60. The molecule has 10 nitrogen and oxygen atoms in total. The van der Waals surface area contributed by atoms with E-state index in [1.807, 2.05) is 0 Å². The lowest BCUT2D eigenvalue weighted by atomic mass is 10.2. The summed E-state index contributed by atoms with van der Waals surface area (Å²) in [6, 6.07) is 12.9. The van der Waals surface area contributed by atoms with Crippen molar-refractivity contribution in [2.45, 2.75) is 6.18 Å². The number of aromatic amines is 1. The van der Waals surface area contributed by atoms with Crippen LogP contribution in [0.5, 0.6) is 17.5 Å². The van der Waals surface area contributed by atoms with Crippen molar-refractivity contribution < 1.29 is 27.8 Å². The van der Waals surface area contributed by atoms with Crippen molar-refractivity contribution in [1.82, 2.24) is 25.1 Å². The molecule has 0 aliphatic heterocycles. The van der Waals surface area contributed by atoms with E-state index in [2.05, 4.69) is 30.5 Å². The number of aromatic nitrogens is 5. The number of hydrogen-bond donors (Lipinski definition) is 4. The molecule has 0 saturated heterocycles. The maximum atomic E-state index is 12.9. The quantitative estimate of drug-likeness (QED) is 0.301. The Morgan fingerprint density at radius 2 is 1.76 bits per heavy atom. The molecular formula is C21H18F3N7O3. The fraction of sp³-hybridized carbons (Fsp3) is 0.143. The van der Waals surface area contributed by atoms with Crippen LogP contribution in [-0.4, -0.2) is 43.5 Å². The molecule has 0 atom stereocenters. The van der Waals surface area contributed by atoms with Gasteiger partial charge in [0.2, 0.25) is 23.7 Å². The third-order valence-electron chi connectivity index (χ3n) is 4.32. The smallest absolute Gasteiger partial charge is 0.416 e. The topological polar surface area (TPSA) is 144 Å². The number of nitrogens with two attached hydrogens (primary N) is 1. The van der Waals surface area contributed by atoms with Crippen molar-refractivity contribution in [3.63, 3.8) is 0 Å². The predicted octanol–water partition coefficient (Wildman–Crippen LogP) is 3.77. The molecule has 0 amide bonds. The number of ether oxygens (including phenoxy) is 2. The molecule has 0 spiro atoms. The first-order valence-electron chi connectivity index (χ1n) is 9.83. The molecule has 13 heteroatoms. The molecule has 0 radical (unpaired) electrons. The minimum atomic E-state index is -4.45. The molecule has 2 aromatic heterocycles. The lowest BCUT2D eigenvalue weighted by molar-refractivity contribution is -0.137. The first-order valence-corrected chi connectivity index (χ1v) is 9.83. The highest BCUT2D eigenvalue weighted by Gasteiger charge is 2.30. The van der Waals surface area contributed by atoms with Crippen LogP contribution >= 0.6 is 0 Å². The summed E-state index contributed by atoms with van der Waals surface area (Å²) >= 11 is 0. The maximum Gasteiger partial charge on any atom is 0.416 e. The van der Waals surface area contributed by atoms with E-state index in [0.717, 1.165) is 12.1 Å². The van der Waals surface area contributed by atoms with Gasteiger partial charge in [-0.05, 0) is 42.5 Å². The third kappa shape index (κ3) is 5.69. The first-order chi connectivity index (χ1) is 16.3. The molecule has 0 bridgehead atoms. The lowest BCUT2D eigenvalue weighted by Crippen LogP contribution is -2.05. The third-order valence-corrected chi connectivity index (χ3v) is 4.32. The summed E-state index contributed by atoms with van der Waals surface area (Å²) in [7, 11) is 0. The van der Waals surface area contributed by atoms with E-state index in [4.69, 9.17) is 20.3 Å². The van der Waals surface area contributed by atoms with Gasteiger partial charge in [-0.1, -0.05) is 6.07 Å². The average molecular weight is 473 g/mol. The van der Waals surface area contributed by atoms with Gasteiger partial charge in [-0.25, -0.2) is 0 Å². The highest BCUT2D eigenvalue weighted by Crippen LogP contribution is 2.31. The number of hydrogen-bond acceptors (Lipinski definition) is 9. The van der Waals surface area contributed by atoms with Crippen LogP contribution < -0.4 is 20.5 Å². The second-order valence-electron chi connectivity index (χ2n) is 6.81. The van der Waals surface area contributed by atoms with Crippen molar-refractivity contribution in [3.05, 3.63) is 60.2 Å². The van der Waals surface area contributed by atoms with Crippen molar-refractivity contribution in [3.8, 4) is 28.9 Å². The van der Waals surface area contributed by atoms with E-state index in [-0.39, 0.29) is 42.6 Å². The van der Waals surface area contributed by atoms with Gasteiger partial charge in [0.1, 0.15) is 12.4 Å². The van der Waals surface area contributed by atoms with Crippen molar-refractivity contribution in [2.75, 3.05) is 24.3 Å². The van der Waals surface area contributed by atoms with Gasteiger partial charge in [0.15, 0.2) is 5.82 Å². The Labute approximate surface area is 190 Å². The second-order valence-corrected chi connectivity index (χ2v) is 6.81. The molecule has 0 fully saturated rings. The monoisotopic (exact) mass is 473 g/mol. The van der Waals surface area contributed by atoms with Crippen LogP contribution in [0.1, 0.15) is 5.56 Å². The Hall–Kier alpha value is -4.39. The van der Waals surface area contributed by atoms with Crippen LogP contribution in [0.25, 0.3) is 11.4 Å². The van der Waals surface area contributed by atoms with Gasteiger partial charge in [0, 0.05) is 11.3 Å². The van der Waals surface area contributed by atoms with Crippen LogP contribution in [0.3, 0.4) is 0 Å². The molecule has 2 heterocycles. The summed E-state index contributed by atoms with van der Waals surface area (Å²) in [4.78, 5) is 12.1. The van der Waals surface area contributed by atoms with E-state index in [0.29, 0.717) is 17.1 Å². The van der Waals surface area contributed by atoms with E-state index < -0.39 is 11.7 Å². The Morgan fingerprint density at radius 3 is 2.50 bits per heavy atom. The summed E-state index contributed by atoms with van der Waals surface area (Å²) in [6.07, 6.45) is -4.45. The highest BCUT2D eigenvalue weighted by atomic mass is 19.4. The summed E-state index contributed by atoms with van der Waals surface area (Å²) in [6.45, 7) is -0.132. The number of nitrogens with one attached hydrogen (secondary N) is 2. The normalized spacial score (nSPS) is 11.3. The minimum absolute atomic E-state index is 0.0480. The van der Waals surface area contributed by atoms with Gasteiger partial charge >= 0.3 is 6.18 Å². The molecular weight excluding hydrogens is 455 g/mol. The minimum Gasteiger partial charge on any atom is -0.475 e. The fourth-order valence-corrected chi connectivity index (χ4v) is 2.85. The molecule has 0 aliphatic rings. The van der Waals surface area contributed by atoms with Gasteiger partial charge in [-0.3, -0.25) is 5.10 Å². The maximum absolute atomic E-state index is 12.9. The number of H-pyrrole nitrogens is 1. The van der Waals surface area contributed by atoms with Crippen LogP contribution in [0, 0.1) is 0 Å². The number of nitrogen functional groups attached to an aromatic ring is 1. The number of alkyl halides is 3. The van der Waals surface area contributed by atoms with Crippen molar-refractivity contribution >= 4 is 17.6 Å². The first kappa shape index (κ1) is 22.8. The molecule has 0 saturated carbocycles. The average Bonchev–Trinajstić information content (AvgIpc) is 3.26. The molecule has 4 rings (SSSR count). The molecule has 176 valence electrons. The summed E-state index contributed by atoms with van der Waals surface area (Å²) < 4.78 is 49.5. The zero-order valence-electron chi connectivity index (χ0n) is 17.4. The number of benzene rings is 2. The van der Waals surface area contributed by atoms with Gasteiger partial charge < -0.3 is 25.6 Å². The summed E-state index contributed by atoms with van der Waals surface area (Å²) in [5.74, 6) is 1.21. The number of aliphatic hydroxyl groups excluding tert-OH is 1. The van der Waals surface area contributed by atoms with E-state index in [1.165, 1.54) is 18.2 Å². The fourth-order valence-electron chi connectivity index (χ4n) is 2.85. The Bertz CT molecular complexity index is 1260. The van der Waals surface area contributed by atoms with Crippen LogP contribution in [0.15, 0.2) is 54.6 Å². The molecule has 5 N–H and O–H groups in total. The molecule has 34 heavy (non-hydrogen) atoms. The van der Waals surface area contributed by atoms with Crippen LogP contribution in [0.2, 0.25) is 0 Å². The summed E-state index contributed by atoms with van der Waals surface area (Å²) in [5.41, 5.74) is 5.73. The van der Waals surface area contributed by atoms with Gasteiger partial charge in [0.05, 0.1) is 18.2 Å². The standard InChI is InChI=1S/C21H18F3N7O3/c22-21(23,24)13-2-1-3-14(10-13)26-20-29-18(30-31-20)12-4-6-15(7-5-12)34-17-11-16(33-9-8-32)27-19(25)28-17/h1-7,10-11,32H,8-9H2,(H2,25,27,28)(H2,26,29,30,31). The summed E-state index contributed by atoms with van der Waals surface area (Å²) in [5, 5.41) is 18.3. The number of aliphatic hydroxyl groups is 1. The van der Waals surface area contributed by atoms with Crippen LogP contribution in [-0.2, 0) is 6.18 Å². The van der Waals surface area contributed by atoms with Gasteiger partial charge in [-0.15, -0.1) is 5.10 Å². The number of anilines is 3. The largest absolute Gasteiger partial charge is 0.475 e. The predicted molar refractivity (Wildman–Crippen MR) is 116 cm³/mol. The number of nitrogens with zero attached hydrogens (tertiary/aromatic N) is 4. The zero-order valence-corrected chi connectivity index (χ0v) is 17.4. The van der Waals surface area contributed by atoms with E-state index >= 15 is 0 Å². The number of rotatable bonds is 8. The van der Waals surface area contributed by atoms with Crippen LogP contribution in [0.4, 0.5) is 30.8 Å². The Balaban J connectivity index is 1.44. The molecule has 0 unspecified atom stereocenters. The van der Waals surface area contributed by atoms with E-state index in [9.17, 15) is 13.2 Å². The molecule has 4 aromatic rings. The second kappa shape index (κ2) is 9.62. The Kier molecular flexibility index (Phi) is 6.45. The van der Waals surface area contributed by atoms with Gasteiger partial charge in [0.25, 0.3) is 0 Å². The Morgan fingerprint density at radius 1 is 1.00 bits per heavy atom. The lowest BCUT2D eigenvalue weighted by Gasteiger charge is -2.08. The molecule has 2 aromatic carbocycles. The van der Waals surface area contributed by atoms with Crippen molar-refractivity contribution in [2.24, 2.45) is 0 Å².